The number of aromatic nitrogens is 1. The van der Waals surface area contributed by atoms with Crippen molar-refractivity contribution in [2.24, 2.45) is 5.92 Å². The molecule has 1 aromatic carbocycles. The second kappa shape index (κ2) is 7.84. The molecule has 2 aromatic rings. The third kappa shape index (κ3) is 3.99. The lowest BCUT2D eigenvalue weighted by atomic mass is 9.89. The zero-order chi connectivity index (χ0) is 16.9. The summed E-state index contributed by atoms with van der Waals surface area (Å²) in [6, 6.07) is 7.28. The number of ether oxygens (including phenoxy) is 1. The normalized spacial score (nSPS) is 15.4. The number of hydrogen-bond donors (Lipinski definition) is 0. The Kier molecular flexibility index (Phi) is 5.56. The Morgan fingerprint density at radius 1 is 1.29 bits per heavy atom. The Labute approximate surface area is 147 Å². The predicted octanol–water partition coefficient (Wildman–Crippen LogP) is 4.31. The van der Waals surface area contributed by atoms with Gasteiger partial charge in [0.2, 0.25) is 0 Å². The molecule has 0 saturated heterocycles. The molecule has 0 bridgehead atoms. The van der Waals surface area contributed by atoms with Crippen molar-refractivity contribution in [2.75, 3.05) is 20.2 Å². The van der Waals surface area contributed by atoms with Crippen molar-refractivity contribution in [2.45, 2.75) is 32.1 Å². The molecular formula is C19H23ClN2O2. The molecule has 5 heteroatoms. The van der Waals surface area contributed by atoms with Gasteiger partial charge in [-0.2, -0.15) is 0 Å². The van der Waals surface area contributed by atoms with Crippen LogP contribution in [0, 0.1) is 5.92 Å². The number of halogens is 1. The third-order valence-electron chi connectivity index (χ3n) is 4.71. The van der Waals surface area contributed by atoms with Crippen molar-refractivity contribution in [3.8, 4) is 5.75 Å². The molecule has 128 valence electrons. The second-order valence-corrected chi connectivity index (χ2v) is 6.92. The van der Waals surface area contributed by atoms with Crippen LogP contribution in [0.4, 0.5) is 0 Å². The van der Waals surface area contributed by atoms with E-state index in [4.69, 9.17) is 16.3 Å². The molecule has 1 aliphatic carbocycles. The van der Waals surface area contributed by atoms with Crippen molar-refractivity contribution in [1.82, 2.24) is 9.88 Å². The Bertz CT molecular complexity index is 714. The minimum absolute atomic E-state index is 0.000366. The number of hydrogen-bond acceptors (Lipinski definition) is 3. The molecule has 0 unspecified atom stereocenters. The zero-order valence-electron chi connectivity index (χ0n) is 14.0. The Balaban J connectivity index is 1.61. The number of likely N-dealkylation sites (N-methyl/N-ethyl adjacent to an activating group) is 1. The SMILES string of the molecule is CN(CC1CCCCC1)C(=O)COc1ccc(Cl)c2cccnc12. The summed E-state index contributed by atoms with van der Waals surface area (Å²) < 4.78 is 5.73. The molecule has 1 saturated carbocycles. The highest BCUT2D eigenvalue weighted by Crippen LogP contribution is 2.29. The number of rotatable bonds is 5. The molecule has 1 heterocycles. The molecule has 0 radical (unpaired) electrons. The smallest absolute Gasteiger partial charge is 0.260 e. The lowest BCUT2D eigenvalue weighted by Gasteiger charge is -2.27. The summed E-state index contributed by atoms with van der Waals surface area (Å²) in [6.45, 7) is 0.846. The topological polar surface area (TPSA) is 42.4 Å². The highest BCUT2D eigenvalue weighted by Gasteiger charge is 2.19. The van der Waals surface area contributed by atoms with Gasteiger partial charge in [0.1, 0.15) is 11.3 Å². The van der Waals surface area contributed by atoms with Crippen molar-refractivity contribution < 1.29 is 9.53 Å². The van der Waals surface area contributed by atoms with Crippen molar-refractivity contribution in [1.29, 1.82) is 0 Å². The summed E-state index contributed by atoms with van der Waals surface area (Å²) in [7, 11) is 1.86. The largest absolute Gasteiger partial charge is 0.481 e. The molecule has 0 N–H and O–H groups in total. The summed E-state index contributed by atoms with van der Waals surface area (Å²) in [5.74, 6) is 1.22. The summed E-state index contributed by atoms with van der Waals surface area (Å²) in [6.07, 6.45) is 8.04. The van der Waals surface area contributed by atoms with E-state index in [0.29, 0.717) is 22.2 Å². The number of carbonyl (C=O) groups excluding carboxylic acids is 1. The van der Waals surface area contributed by atoms with Gasteiger partial charge in [-0.1, -0.05) is 30.9 Å². The third-order valence-corrected chi connectivity index (χ3v) is 5.04. The van der Waals surface area contributed by atoms with Crippen LogP contribution in [0.15, 0.2) is 30.5 Å². The van der Waals surface area contributed by atoms with Gasteiger partial charge >= 0.3 is 0 Å². The first-order valence-corrected chi connectivity index (χ1v) is 8.93. The summed E-state index contributed by atoms with van der Waals surface area (Å²) in [5, 5.41) is 1.46. The van der Waals surface area contributed by atoms with Crippen molar-refractivity contribution >= 4 is 28.4 Å². The fraction of sp³-hybridized carbons (Fsp3) is 0.474. The molecule has 1 aromatic heterocycles. The number of pyridine rings is 1. The molecule has 3 rings (SSSR count). The van der Waals surface area contributed by atoms with Crippen LogP contribution in [0.1, 0.15) is 32.1 Å². The van der Waals surface area contributed by atoms with Crippen molar-refractivity contribution in [3.05, 3.63) is 35.5 Å². The molecule has 0 aliphatic heterocycles. The molecule has 0 spiro atoms. The second-order valence-electron chi connectivity index (χ2n) is 6.51. The number of amides is 1. The maximum Gasteiger partial charge on any atom is 0.260 e. The molecule has 1 amide bonds. The minimum atomic E-state index is -0.000366. The van der Waals surface area contributed by atoms with Crippen LogP contribution in [0.25, 0.3) is 10.9 Å². The van der Waals surface area contributed by atoms with E-state index in [1.54, 1.807) is 23.2 Å². The quantitative estimate of drug-likeness (QED) is 0.810. The standard InChI is InChI=1S/C19H23ClN2O2/c1-22(12-14-6-3-2-4-7-14)18(23)13-24-17-10-9-16(20)15-8-5-11-21-19(15)17/h5,8-11,14H,2-4,6-7,12-13H2,1H3. The van der Waals surface area contributed by atoms with E-state index in [1.165, 1.54) is 32.1 Å². The maximum atomic E-state index is 12.3. The molecule has 4 nitrogen and oxygen atoms in total. The van der Waals surface area contributed by atoms with Gasteiger partial charge in [-0.05, 0) is 43.0 Å². The van der Waals surface area contributed by atoms with E-state index < -0.39 is 0 Å². The van der Waals surface area contributed by atoms with Gasteiger partial charge in [0, 0.05) is 25.2 Å². The highest BCUT2D eigenvalue weighted by molar-refractivity contribution is 6.35. The van der Waals surface area contributed by atoms with Crippen LogP contribution in [0.3, 0.4) is 0 Å². The average molecular weight is 347 g/mol. The van der Waals surface area contributed by atoms with E-state index in [2.05, 4.69) is 4.98 Å². The number of fused-ring (bicyclic) bond motifs is 1. The summed E-state index contributed by atoms with van der Waals surface area (Å²) in [4.78, 5) is 18.5. The van der Waals surface area contributed by atoms with E-state index in [-0.39, 0.29) is 12.5 Å². The Morgan fingerprint density at radius 3 is 2.88 bits per heavy atom. The number of benzene rings is 1. The van der Waals surface area contributed by atoms with Crippen LogP contribution >= 0.6 is 11.6 Å². The van der Waals surface area contributed by atoms with Crippen LogP contribution in [-0.2, 0) is 4.79 Å². The van der Waals surface area contributed by atoms with Crippen LogP contribution in [-0.4, -0.2) is 36.0 Å². The average Bonchev–Trinajstić information content (AvgIpc) is 2.62. The number of nitrogens with zero attached hydrogens (tertiary/aromatic N) is 2. The van der Waals surface area contributed by atoms with Gasteiger partial charge in [-0.3, -0.25) is 9.78 Å². The zero-order valence-corrected chi connectivity index (χ0v) is 14.8. The molecule has 1 aliphatic rings. The van der Waals surface area contributed by atoms with E-state index in [9.17, 15) is 4.79 Å². The van der Waals surface area contributed by atoms with Crippen LogP contribution in [0.5, 0.6) is 5.75 Å². The monoisotopic (exact) mass is 346 g/mol. The molecular weight excluding hydrogens is 324 g/mol. The Morgan fingerprint density at radius 2 is 2.08 bits per heavy atom. The van der Waals surface area contributed by atoms with Crippen LogP contribution < -0.4 is 4.74 Å². The first-order chi connectivity index (χ1) is 11.6. The fourth-order valence-corrected chi connectivity index (χ4v) is 3.55. The van der Waals surface area contributed by atoms with Gasteiger partial charge < -0.3 is 9.64 Å². The maximum absolute atomic E-state index is 12.3. The number of carbonyl (C=O) groups is 1. The first-order valence-electron chi connectivity index (χ1n) is 8.55. The summed E-state index contributed by atoms with van der Waals surface area (Å²) in [5.41, 5.74) is 0.688. The van der Waals surface area contributed by atoms with E-state index in [0.717, 1.165) is 11.9 Å². The van der Waals surface area contributed by atoms with Gasteiger partial charge in [0.05, 0.1) is 5.02 Å². The minimum Gasteiger partial charge on any atom is -0.481 e. The van der Waals surface area contributed by atoms with E-state index in [1.807, 2.05) is 19.2 Å². The molecule has 24 heavy (non-hydrogen) atoms. The Hall–Kier alpha value is -1.81. The molecule has 0 atom stereocenters. The van der Waals surface area contributed by atoms with Gasteiger partial charge in [0.25, 0.3) is 5.91 Å². The van der Waals surface area contributed by atoms with Crippen molar-refractivity contribution in [3.63, 3.8) is 0 Å². The lowest BCUT2D eigenvalue weighted by molar-refractivity contribution is -0.132. The van der Waals surface area contributed by atoms with E-state index >= 15 is 0 Å². The lowest BCUT2D eigenvalue weighted by Crippen LogP contribution is -2.35. The highest BCUT2D eigenvalue weighted by atomic mass is 35.5. The van der Waals surface area contributed by atoms with Crippen LogP contribution in [0.2, 0.25) is 5.02 Å². The first kappa shape index (κ1) is 17.0. The predicted molar refractivity (Wildman–Crippen MR) is 96.5 cm³/mol. The van der Waals surface area contributed by atoms with Gasteiger partial charge in [0.15, 0.2) is 6.61 Å². The van der Waals surface area contributed by atoms with Gasteiger partial charge in [-0.25, -0.2) is 0 Å². The van der Waals surface area contributed by atoms with Gasteiger partial charge in [-0.15, -0.1) is 0 Å². The fourth-order valence-electron chi connectivity index (χ4n) is 3.34. The summed E-state index contributed by atoms with van der Waals surface area (Å²) >= 11 is 6.18. The molecule has 1 fully saturated rings.